The Morgan fingerprint density at radius 2 is 2.00 bits per heavy atom. The average molecular weight is 347 g/mol. The summed E-state index contributed by atoms with van der Waals surface area (Å²) in [4.78, 5) is 5.34. The van der Waals surface area contributed by atoms with Crippen LogP contribution in [0.3, 0.4) is 0 Å². The van der Waals surface area contributed by atoms with E-state index in [1.54, 1.807) is 6.26 Å². The van der Waals surface area contributed by atoms with E-state index in [9.17, 15) is 0 Å². The minimum Gasteiger partial charge on any atom is -0.468 e. The molecule has 4 rings (SSSR count). The van der Waals surface area contributed by atoms with Gasteiger partial charge in [-0.2, -0.15) is 0 Å². The van der Waals surface area contributed by atoms with Crippen LogP contribution in [0.15, 0.2) is 22.8 Å². The Hall–Kier alpha value is -0.840. The van der Waals surface area contributed by atoms with Gasteiger partial charge in [0, 0.05) is 32.7 Å². The normalized spacial score (nSPS) is 28.3. The SMILES string of the molecule is COC[C@H]1CN(Cc2ccco2)CC12CCN(CC1CCCC1)CC2. The molecule has 0 bridgehead atoms. The third-order valence-electron chi connectivity index (χ3n) is 7.05. The van der Waals surface area contributed by atoms with Gasteiger partial charge < -0.3 is 14.1 Å². The van der Waals surface area contributed by atoms with Crippen LogP contribution in [0.25, 0.3) is 0 Å². The van der Waals surface area contributed by atoms with Crippen LogP contribution in [0, 0.1) is 17.3 Å². The molecule has 1 atom stereocenters. The monoisotopic (exact) mass is 346 g/mol. The van der Waals surface area contributed by atoms with Crippen molar-refractivity contribution in [2.45, 2.75) is 45.1 Å². The number of likely N-dealkylation sites (tertiary alicyclic amines) is 2. The van der Waals surface area contributed by atoms with Crippen molar-refractivity contribution in [3.63, 3.8) is 0 Å². The molecule has 1 spiro atoms. The summed E-state index contributed by atoms with van der Waals surface area (Å²) >= 11 is 0. The lowest BCUT2D eigenvalue weighted by Gasteiger charge is -2.43. The molecule has 0 amide bonds. The Kier molecular flexibility index (Phi) is 5.49. The molecule has 1 aliphatic carbocycles. The first-order chi connectivity index (χ1) is 12.3. The molecule has 0 N–H and O–H groups in total. The number of piperidine rings is 1. The zero-order valence-electron chi connectivity index (χ0n) is 15.8. The quantitative estimate of drug-likeness (QED) is 0.786. The fourth-order valence-corrected chi connectivity index (χ4v) is 5.62. The molecule has 3 fully saturated rings. The van der Waals surface area contributed by atoms with E-state index >= 15 is 0 Å². The van der Waals surface area contributed by atoms with Gasteiger partial charge in [-0.3, -0.25) is 4.90 Å². The van der Waals surface area contributed by atoms with Crippen molar-refractivity contribution in [1.82, 2.24) is 9.80 Å². The molecule has 1 aromatic rings. The maximum atomic E-state index is 5.61. The first-order valence-electron chi connectivity index (χ1n) is 10.2. The molecular weight excluding hydrogens is 312 g/mol. The fraction of sp³-hybridized carbons (Fsp3) is 0.810. The Morgan fingerprint density at radius 1 is 1.20 bits per heavy atom. The standard InChI is InChI=1S/C21H34N2O2/c1-24-16-19-14-23(15-20-7-4-12-25-20)17-21(19)8-10-22(11-9-21)13-18-5-2-3-6-18/h4,7,12,18-19H,2-3,5-6,8-11,13-17H2,1H3/t19-/m1/s1. The van der Waals surface area contributed by atoms with Crippen LogP contribution in [0.4, 0.5) is 0 Å². The van der Waals surface area contributed by atoms with Gasteiger partial charge in [-0.15, -0.1) is 0 Å². The summed E-state index contributed by atoms with van der Waals surface area (Å²) < 4.78 is 11.2. The Balaban J connectivity index is 1.35. The highest BCUT2D eigenvalue weighted by atomic mass is 16.5. The zero-order valence-corrected chi connectivity index (χ0v) is 15.8. The molecular formula is C21H34N2O2. The van der Waals surface area contributed by atoms with Crippen molar-refractivity contribution in [3.8, 4) is 0 Å². The zero-order chi connectivity index (χ0) is 17.1. The summed E-state index contributed by atoms with van der Waals surface area (Å²) in [5.74, 6) is 2.73. The van der Waals surface area contributed by atoms with Crippen molar-refractivity contribution >= 4 is 0 Å². The summed E-state index contributed by atoms with van der Waals surface area (Å²) in [5, 5.41) is 0. The maximum absolute atomic E-state index is 5.61. The third kappa shape index (κ3) is 3.96. The Bertz CT molecular complexity index is 516. The summed E-state index contributed by atoms with van der Waals surface area (Å²) in [7, 11) is 1.86. The minimum absolute atomic E-state index is 0.453. The lowest BCUT2D eigenvalue weighted by molar-refractivity contribution is 0.0329. The molecule has 4 nitrogen and oxygen atoms in total. The smallest absolute Gasteiger partial charge is 0.117 e. The number of hydrogen-bond donors (Lipinski definition) is 0. The van der Waals surface area contributed by atoms with Crippen LogP contribution >= 0.6 is 0 Å². The highest BCUT2D eigenvalue weighted by molar-refractivity contribution is 5.03. The largest absolute Gasteiger partial charge is 0.468 e. The van der Waals surface area contributed by atoms with E-state index in [2.05, 4.69) is 15.9 Å². The lowest BCUT2D eigenvalue weighted by atomic mass is 9.71. The third-order valence-corrected chi connectivity index (χ3v) is 7.05. The second kappa shape index (κ2) is 7.81. The molecule has 1 saturated carbocycles. The summed E-state index contributed by atoms with van der Waals surface area (Å²) in [6.45, 7) is 8.12. The van der Waals surface area contributed by atoms with Gasteiger partial charge in [-0.1, -0.05) is 12.8 Å². The van der Waals surface area contributed by atoms with E-state index in [4.69, 9.17) is 9.15 Å². The van der Waals surface area contributed by atoms with Gasteiger partial charge >= 0.3 is 0 Å². The first-order valence-corrected chi connectivity index (χ1v) is 10.2. The van der Waals surface area contributed by atoms with E-state index in [0.29, 0.717) is 11.3 Å². The highest BCUT2D eigenvalue weighted by Gasteiger charge is 2.47. The molecule has 140 valence electrons. The van der Waals surface area contributed by atoms with Crippen LogP contribution < -0.4 is 0 Å². The molecule has 25 heavy (non-hydrogen) atoms. The van der Waals surface area contributed by atoms with Gasteiger partial charge in [-0.25, -0.2) is 0 Å². The highest BCUT2D eigenvalue weighted by Crippen LogP contribution is 2.45. The van der Waals surface area contributed by atoms with E-state index in [1.807, 2.05) is 13.2 Å². The average Bonchev–Trinajstić information content (AvgIpc) is 3.34. The second-order valence-corrected chi connectivity index (χ2v) is 8.71. The number of ether oxygens (including phenoxy) is 1. The summed E-state index contributed by atoms with van der Waals surface area (Å²) in [5.41, 5.74) is 0.453. The number of nitrogens with zero attached hydrogens (tertiary/aromatic N) is 2. The number of furan rings is 1. The maximum Gasteiger partial charge on any atom is 0.117 e. The van der Waals surface area contributed by atoms with Gasteiger partial charge in [0.15, 0.2) is 0 Å². The fourth-order valence-electron chi connectivity index (χ4n) is 5.62. The summed E-state index contributed by atoms with van der Waals surface area (Å²) in [6.07, 6.45) is 10.3. The topological polar surface area (TPSA) is 28.9 Å². The van der Waals surface area contributed by atoms with Crippen molar-refractivity contribution in [2.75, 3.05) is 46.4 Å². The second-order valence-electron chi connectivity index (χ2n) is 8.71. The van der Waals surface area contributed by atoms with Gasteiger partial charge in [0.05, 0.1) is 19.4 Å². The molecule has 4 heteroatoms. The number of hydrogen-bond acceptors (Lipinski definition) is 4. The van der Waals surface area contributed by atoms with E-state index < -0.39 is 0 Å². The minimum atomic E-state index is 0.453. The van der Waals surface area contributed by atoms with Gasteiger partial charge in [0.2, 0.25) is 0 Å². The van der Waals surface area contributed by atoms with Crippen molar-refractivity contribution in [3.05, 3.63) is 24.2 Å². The van der Waals surface area contributed by atoms with Crippen LogP contribution in [0.2, 0.25) is 0 Å². The molecule has 3 aliphatic rings. The molecule has 0 unspecified atom stereocenters. The molecule has 0 radical (unpaired) electrons. The predicted octanol–water partition coefficient (Wildman–Crippen LogP) is 3.63. The summed E-state index contributed by atoms with van der Waals surface area (Å²) in [6, 6.07) is 4.09. The van der Waals surface area contributed by atoms with Gasteiger partial charge in [0.1, 0.15) is 5.76 Å². The molecule has 3 heterocycles. The van der Waals surface area contributed by atoms with Gasteiger partial charge in [0.25, 0.3) is 0 Å². The van der Waals surface area contributed by atoms with E-state index in [1.165, 1.54) is 64.7 Å². The van der Waals surface area contributed by atoms with E-state index in [0.717, 1.165) is 31.4 Å². The molecule has 1 aromatic heterocycles. The van der Waals surface area contributed by atoms with Gasteiger partial charge in [-0.05, 0) is 62.2 Å². The predicted molar refractivity (Wildman–Crippen MR) is 99.4 cm³/mol. The Labute approximate surface area is 152 Å². The van der Waals surface area contributed by atoms with Crippen molar-refractivity contribution in [1.29, 1.82) is 0 Å². The van der Waals surface area contributed by atoms with Crippen LogP contribution in [0.1, 0.15) is 44.3 Å². The number of methoxy groups -OCH3 is 1. The molecule has 2 saturated heterocycles. The first kappa shape index (κ1) is 17.6. The van der Waals surface area contributed by atoms with Crippen LogP contribution in [0.5, 0.6) is 0 Å². The Morgan fingerprint density at radius 3 is 2.68 bits per heavy atom. The van der Waals surface area contributed by atoms with Crippen LogP contribution in [-0.4, -0.2) is 56.2 Å². The number of rotatable bonds is 6. The van der Waals surface area contributed by atoms with Crippen molar-refractivity contribution in [2.24, 2.45) is 17.3 Å². The lowest BCUT2D eigenvalue weighted by Crippen LogP contribution is -2.46. The van der Waals surface area contributed by atoms with E-state index in [-0.39, 0.29) is 0 Å². The molecule has 0 aromatic carbocycles. The van der Waals surface area contributed by atoms with Crippen molar-refractivity contribution < 1.29 is 9.15 Å². The molecule has 2 aliphatic heterocycles. The van der Waals surface area contributed by atoms with Crippen LogP contribution in [-0.2, 0) is 11.3 Å².